The zero-order chi connectivity index (χ0) is 19.1. The van der Waals surface area contributed by atoms with Crippen molar-refractivity contribution < 1.29 is 17.6 Å². The average Bonchev–Trinajstić information content (AvgIpc) is 2.99. The molecule has 1 heterocycles. The third-order valence-corrected chi connectivity index (χ3v) is 6.08. The summed E-state index contributed by atoms with van der Waals surface area (Å²) in [4.78, 5) is 4.47. The molecule has 1 N–H and O–H groups in total. The average molecular weight is 396 g/mol. The number of hydrogen-bond donors (Lipinski definition) is 1. The number of oxazole rings is 1. The van der Waals surface area contributed by atoms with Gasteiger partial charge in [-0.3, -0.25) is 0 Å². The zero-order valence-corrected chi connectivity index (χ0v) is 16.3. The Morgan fingerprint density at radius 1 is 1.23 bits per heavy atom. The van der Waals surface area contributed by atoms with Crippen LogP contribution in [-0.2, 0) is 10.0 Å². The molecular weight excluding hydrogens is 378 g/mol. The minimum atomic E-state index is -3.54. The molecule has 0 atom stereocenters. The summed E-state index contributed by atoms with van der Waals surface area (Å²) < 4.78 is 36.6. The van der Waals surface area contributed by atoms with Gasteiger partial charge >= 0.3 is 0 Å². The van der Waals surface area contributed by atoms with Crippen LogP contribution in [0.15, 0.2) is 39.6 Å². The monoisotopic (exact) mass is 395 g/mol. The van der Waals surface area contributed by atoms with Gasteiger partial charge in [-0.2, -0.15) is 4.98 Å². The molecule has 0 spiro atoms. The van der Waals surface area contributed by atoms with Crippen molar-refractivity contribution in [2.24, 2.45) is 0 Å². The number of methoxy groups -OCH3 is 1. The van der Waals surface area contributed by atoms with Gasteiger partial charge < -0.3 is 14.5 Å². The highest BCUT2D eigenvalue weighted by molar-refractivity contribution is 7.89. The van der Waals surface area contributed by atoms with Gasteiger partial charge in [0.1, 0.15) is 11.3 Å². The van der Waals surface area contributed by atoms with Crippen LogP contribution in [0.25, 0.3) is 11.1 Å². The van der Waals surface area contributed by atoms with Crippen LogP contribution in [-0.4, -0.2) is 38.9 Å². The standard InChI is InChI=1S/C17H18ClN3O4S/c1-10-7-13(16(24-4)9-12(10)18)19-17-20-14-8-11(5-6-15(14)25-17)26(22,23)21(2)3/h5-9H,1-4H3,(H,19,20). The molecule has 0 saturated carbocycles. The second-order valence-electron chi connectivity index (χ2n) is 5.86. The minimum absolute atomic E-state index is 0.148. The Balaban J connectivity index is 1.99. The normalized spacial score (nSPS) is 11.9. The molecule has 2 aromatic carbocycles. The molecule has 0 aliphatic rings. The Bertz CT molecular complexity index is 1080. The number of nitrogens with zero attached hydrogens (tertiary/aromatic N) is 2. The zero-order valence-electron chi connectivity index (χ0n) is 14.7. The number of halogens is 1. The molecule has 0 radical (unpaired) electrons. The molecule has 0 bridgehead atoms. The van der Waals surface area contributed by atoms with Crippen LogP contribution in [0.3, 0.4) is 0 Å². The second-order valence-corrected chi connectivity index (χ2v) is 8.42. The number of anilines is 2. The van der Waals surface area contributed by atoms with E-state index in [1.165, 1.54) is 33.3 Å². The summed E-state index contributed by atoms with van der Waals surface area (Å²) in [6, 6.07) is 8.28. The number of nitrogens with one attached hydrogen (secondary N) is 1. The largest absolute Gasteiger partial charge is 0.495 e. The smallest absolute Gasteiger partial charge is 0.300 e. The number of sulfonamides is 1. The lowest BCUT2D eigenvalue weighted by Gasteiger charge is -2.10. The van der Waals surface area contributed by atoms with E-state index in [1.54, 1.807) is 12.1 Å². The molecule has 3 aromatic rings. The van der Waals surface area contributed by atoms with Gasteiger partial charge in [0.2, 0.25) is 10.0 Å². The predicted octanol–water partition coefficient (Wildman–Crippen LogP) is 3.79. The second kappa shape index (κ2) is 6.79. The van der Waals surface area contributed by atoms with Crippen molar-refractivity contribution >= 4 is 44.4 Å². The Morgan fingerprint density at radius 2 is 1.96 bits per heavy atom. The number of aromatic nitrogens is 1. The van der Waals surface area contributed by atoms with Crippen LogP contribution in [0.4, 0.5) is 11.7 Å². The number of benzene rings is 2. The Kier molecular flexibility index (Phi) is 4.83. The number of hydrogen-bond acceptors (Lipinski definition) is 6. The van der Waals surface area contributed by atoms with Crippen LogP contribution in [0, 0.1) is 6.92 Å². The van der Waals surface area contributed by atoms with Gasteiger partial charge in [-0.25, -0.2) is 12.7 Å². The Morgan fingerprint density at radius 3 is 2.62 bits per heavy atom. The van der Waals surface area contributed by atoms with E-state index in [-0.39, 0.29) is 10.9 Å². The summed E-state index contributed by atoms with van der Waals surface area (Å²) in [6.45, 7) is 1.87. The van der Waals surface area contributed by atoms with Gasteiger partial charge in [0, 0.05) is 25.2 Å². The summed E-state index contributed by atoms with van der Waals surface area (Å²) >= 11 is 6.11. The minimum Gasteiger partial charge on any atom is -0.495 e. The lowest BCUT2D eigenvalue weighted by Crippen LogP contribution is -2.22. The van der Waals surface area contributed by atoms with Crippen molar-refractivity contribution in [2.45, 2.75) is 11.8 Å². The first kappa shape index (κ1) is 18.5. The lowest BCUT2D eigenvalue weighted by molar-refractivity contribution is 0.416. The molecule has 0 unspecified atom stereocenters. The topological polar surface area (TPSA) is 84.7 Å². The first-order chi connectivity index (χ1) is 12.2. The molecule has 138 valence electrons. The van der Waals surface area contributed by atoms with E-state index in [1.807, 2.05) is 13.0 Å². The van der Waals surface area contributed by atoms with Crippen LogP contribution in [0.1, 0.15) is 5.56 Å². The van der Waals surface area contributed by atoms with E-state index in [0.29, 0.717) is 27.6 Å². The number of rotatable bonds is 5. The van der Waals surface area contributed by atoms with Gasteiger partial charge in [0.05, 0.1) is 17.7 Å². The lowest BCUT2D eigenvalue weighted by atomic mass is 10.2. The third-order valence-electron chi connectivity index (χ3n) is 3.86. The van der Waals surface area contributed by atoms with E-state index in [2.05, 4.69) is 10.3 Å². The summed E-state index contributed by atoms with van der Waals surface area (Å²) in [5, 5.41) is 3.63. The molecule has 0 saturated heterocycles. The van der Waals surface area contributed by atoms with Crippen molar-refractivity contribution in [3.8, 4) is 5.75 Å². The molecule has 0 aliphatic heterocycles. The molecule has 7 nitrogen and oxygen atoms in total. The first-order valence-corrected chi connectivity index (χ1v) is 9.48. The predicted molar refractivity (Wildman–Crippen MR) is 101 cm³/mol. The fourth-order valence-corrected chi connectivity index (χ4v) is 3.45. The highest BCUT2D eigenvalue weighted by atomic mass is 35.5. The molecule has 26 heavy (non-hydrogen) atoms. The van der Waals surface area contributed by atoms with E-state index in [9.17, 15) is 8.42 Å². The highest BCUT2D eigenvalue weighted by Crippen LogP contribution is 2.34. The van der Waals surface area contributed by atoms with E-state index in [4.69, 9.17) is 20.8 Å². The maximum atomic E-state index is 12.2. The first-order valence-electron chi connectivity index (χ1n) is 7.66. The van der Waals surface area contributed by atoms with Gasteiger partial charge in [0.25, 0.3) is 6.01 Å². The number of ether oxygens (including phenoxy) is 1. The van der Waals surface area contributed by atoms with Crippen LogP contribution < -0.4 is 10.1 Å². The summed E-state index contributed by atoms with van der Waals surface area (Å²) in [6.07, 6.45) is 0. The fourth-order valence-electron chi connectivity index (χ4n) is 2.38. The fraction of sp³-hybridized carbons (Fsp3) is 0.235. The molecule has 0 amide bonds. The number of fused-ring (bicyclic) bond motifs is 1. The maximum Gasteiger partial charge on any atom is 0.300 e. The quantitative estimate of drug-likeness (QED) is 0.707. The molecular formula is C17H18ClN3O4S. The Labute approximate surface area is 156 Å². The maximum absolute atomic E-state index is 12.2. The molecule has 3 rings (SSSR count). The third kappa shape index (κ3) is 3.35. The van der Waals surface area contributed by atoms with Gasteiger partial charge in [-0.05, 0) is 36.8 Å². The van der Waals surface area contributed by atoms with Crippen molar-refractivity contribution in [1.29, 1.82) is 0 Å². The summed E-state index contributed by atoms with van der Waals surface area (Å²) in [5.74, 6) is 0.540. The van der Waals surface area contributed by atoms with Crippen molar-refractivity contribution in [3.63, 3.8) is 0 Å². The van der Waals surface area contributed by atoms with Crippen LogP contribution in [0.2, 0.25) is 5.02 Å². The van der Waals surface area contributed by atoms with Crippen molar-refractivity contribution in [3.05, 3.63) is 40.9 Å². The number of aryl methyl sites for hydroxylation is 1. The van der Waals surface area contributed by atoms with Gasteiger partial charge in [0.15, 0.2) is 5.58 Å². The van der Waals surface area contributed by atoms with E-state index in [0.717, 1.165) is 9.87 Å². The highest BCUT2D eigenvalue weighted by Gasteiger charge is 2.19. The van der Waals surface area contributed by atoms with Gasteiger partial charge in [-0.1, -0.05) is 11.6 Å². The Hall–Kier alpha value is -2.29. The molecule has 0 fully saturated rings. The summed E-state index contributed by atoms with van der Waals surface area (Å²) in [5.41, 5.74) is 2.41. The molecule has 9 heteroatoms. The van der Waals surface area contributed by atoms with Crippen LogP contribution in [0.5, 0.6) is 5.75 Å². The molecule has 0 aliphatic carbocycles. The van der Waals surface area contributed by atoms with E-state index >= 15 is 0 Å². The SMILES string of the molecule is COc1cc(Cl)c(C)cc1Nc1nc2cc(S(=O)(=O)N(C)C)ccc2o1. The van der Waals surface area contributed by atoms with Crippen molar-refractivity contribution in [1.82, 2.24) is 9.29 Å². The van der Waals surface area contributed by atoms with Crippen molar-refractivity contribution in [2.75, 3.05) is 26.5 Å². The summed E-state index contributed by atoms with van der Waals surface area (Å²) in [7, 11) is 0.949. The van der Waals surface area contributed by atoms with Gasteiger partial charge in [-0.15, -0.1) is 0 Å². The van der Waals surface area contributed by atoms with E-state index < -0.39 is 10.0 Å². The van der Waals surface area contributed by atoms with Crippen LogP contribution >= 0.6 is 11.6 Å². The molecule has 1 aromatic heterocycles.